The topological polar surface area (TPSA) is 61.4 Å². The van der Waals surface area contributed by atoms with Gasteiger partial charge in [0, 0.05) is 30.4 Å². The maximum atomic E-state index is 12.6. The van der Waals surface area contributed by atoms with E-state index in [4.69, 9.17) is 0 Å². The second kappa shape index (κ2) is 7.89. The molecule has 0 aliphatic carbocycles. The van der Waals surface area contributed by atoms with E-state index in [0.29, 0.717) is 22.9 Å². The summed E-state index contributed by atoms with van der Waals surface area (Å²) in [6, 6.07) is 6.20. The third kappa shape index (κ3) is 4.88. The van der Waals surface area contributed by atoms with Crippen LogP contribution in [0.15, 0.2) is 24.3 Å². The van der Waals surface area contributed by atoms with Crippen molar-refractivity contribution in [3.63, 3.8) is 0 Å². The van der Waals surface area contributed by atoms with Gasteiger partial charge in [-0.1, -0.05) is 12.1 Å². The fraction of sp³-hybridized carbons (Fsp3) is 0.467. The highest BCUT2D eigenvalue weighted by Crippen LogP contribution is 2.21. The highest BCUT2D eigenvalue weighted by Gasteiger charge is 2.41. The van der Waals surface area contributed by atoms with Gasteiger partial charge >= 0.3 is 12.1 Å². The van der Waals surface area contributed by atoms with Crippen molar-refractivity contribution in [1.29, 1.82) is 0 Å². The minimum absolute atomic E-state index is 0.0574. The molecule has 0 aromatic heterocycles. The molecule has 0 radical (unpaired) electrons. The quantitative estimate of drug-likeness (QED) is 0.844. The molecule has 24 heavy (non-hydrogen) atoms. The molecule has 1 aliphatic heterocycles. The van der Waals surface area contributed by atoms with E-state index in [2.05, 4.69) is 10.6 Å². The van der Waals surface area contributed by atoms with Crippen LogP contribution in [-0.4, -0.2) is 47.1 Å². The fourth-order valence-corrected chi connectivity index (χ4v) is 3.21. The molecule has 1 atom stereocenters. The highest BCUT2D eigenvalue weighted by molar-refractivity contribution is 7.99. The summed E-state index contributed by atoms with van der Waals surface area (Å²) in [6.45, 7) is 1.26. The predicted molar refractivity (Wildman–Crippen MR) is 86.5 cm³/mol. The first kappa shape index (κ1) is 18.6. The van der Waals surface area contributed by atoms with Gasteiger partial charge in [-0.2, -0.15) is 13.2 Å². The molecule has 2 amide bonds. The SMILES string of the molecule is CCN(Cc1cccc(NC(=O)C2CSCN2)c1)C(=O)C(F)(F)F. The first-order chi connectivity index (χ1) is 11.3. The summed E-state index contributed by atoms with van der Waals surface area (Å²) in [7, 11) is 0. The van der Waals surface area contributed by atoms with Crippen molar-refractivity contribution < 1.29 is 22.8 Å². The number of rotatable bonds is 5. The average Bonchev–Trinajstić information content (AvgIpc) is 3.06. The number of thioether (sulfide) groups is 1. The Hall–Kier alpha value is -1.74. The van der Waals surface area contributed by atoms with Crippen LogP contribution in [0.2, 0.25) is 0 Å². The first-order valence-electron chi connectivity index (χ1n) is 7.38. The molecule has 0 saturated carbocycles. The number of benzene rings is 1. The van der Waals surface area contributed by atoms with Gasteiger partial charge in [-0.05, 0) is 24.6 Å². The second-order valence-corrected chi connectivity index (χ2v) is 6.31. The molecule has 5 nitrogen and oxygen atoms in total. The number of nitrogens with one attached hydrogen (secondary N) is 2. The van der Waals surface area contributed by atoms with Gasteiger partial charge in [0.15, 0.2) is 0 Å². The molecule has 0 spiro atoms. The molecule has 9 heteroatoms. The molecule has 1 saturated heterocycles. The number of alkyl halides is 3. The Bertz CT molecular complexity index is 604. The minimum Gasteiger partial charge on any atom is -0.331 e. The normalized spacial score (nSPS) is 17.6. The molecule has 2 N–H and O–H groups in total. The summed E-state index contributed by atoms with van der Waals surface area (Å²) >= 11 is 1.62. The number of amides is 2. The van der Waals surface area contributed by atoms with Gasteiger partial charge in [0.25, 0.3) is 0 Å². The highest BCUT2D eigenvalue weighted by atomic mass is 32.2. The molecular weight excluding hydrogens is 343 g/mol. The zero-order valence-electron chi connectivity index (χ0n) is 13.0. The first-order valence-corrected chi connectivity index (χ1v) is 8.53. The smallest absolute Gasteiger partial charge is 0.331 e. The van der Waals surface area contributed by atoms with Crippen LogP contribution in [0.3, 0.4) is 0 Å². The van der Waals surface area contributed by atoms with Crippen molar-refractivity contribution >= 4 is 29.3 Å². The molecule has 1 unspecified atom stereocenters. The van der Waals surface area contributed by atoms with E-state index < -0.39 is 12.1 Å². The second-order valence-electron chi connectivity index (χ2n) is 5.28. The fourth-order valence-electron chi connectivity index (χ4n) is 2.27. The lowest BCUT2D eigenvalue weighted by Crippen LogP contribution is -2.40. The standard InChI is InChI=1S/C15H18F3N3O2S/c1-2-21(14(23)15(16,17)18)7-10-4-3-5-11(6-10)20-13(22)12-8-24-9-19-12/h3-6,12,19H,2,7-9H2,1H3,(H,20,22). The molecule has 1 aromatic rings. The lowest BCUT2D eigenvalue weighted by atomic mass is 10.1. The van der Waals surface area contributed by atoms with E-state index in [-0.39, 0.29) is 25.0 Å². The van der Waals surface area contributed by atoms with Gasteiger partial charge in [-0.3, -0.25) is 14.9 Å². The van der Waals surface area contributed by atoms with E-state index in [1.165, 1.54) is 6.92 Å². The summed E-state index contributed by atoms with van der Waals surface area (Å²) in [5, 5.41) is 5.77. The van der Waals surface area contributed by atoms with Crippen molar-refractivity contribution in [3.05, 3.63) is 29.8 Å². The van der Waals surface area contributed by atoms with Gasteiger partial charge in [0.2, 0.25) is 5.91 Å². The molecule has 0 bridgehead atoms. The number of nitrogens with zero attached hydrogens (tertiary/aromatic N) is 1. The predicted octanol–water partition coefficient (Wildman–Crippen LogP) is 2.20. The summed E-state index contributed by atoms with van der Waals surface area (Å²) in [4.78, 5) is 24.1. The Morgan fingerprint density at radius 1 is 1.42 bits per heavy atom. The summed E-state index contributed by atoms with van der Waals surface area (Å²) < 4.78 is 37.7. The Balaban J connectivity index is 2.03. The van der Waals surface area contributed by atoms with Gasteiger partial charge in [0.1, 0.15) is 0 Å². The van der Waals surface area contributed by atoms with E-state index in [9.17, 15) is 22.8 Å². The molecule has 1 aliphatic rings. The Morgan fingerprint density at radius 3 is 2.75 bits per heavy atom. The molecule has 1 fully saturated rings. The van der Waals surface area contributed by atoms with Gasteiger partial charge in [-0.15, -0.1) is 11.8 Å². The average molecular weight is 361 g/mol. The van der Waals surface area contributed by atoms with Gasteiger partial charge in [0.05, 0.1) is 6.04 Å². The van der Waals surface area contributed by atoms with Crippen molar-refractivity contribution in [2.24, 2.45) is 0 Å². The monoisotopic (exact) mass is 361 g/mol. The van der Waals surface area contributed by atoms with Crippen LogP contribution in [0, 0.1) is 0 Å². The molecule has 2 rings (SSSR count). The Kier molecular flexibility index (Phi) is 6.11. The molecule has 132 valence electrons. The number of anilines is 1. The van der Waals surface area contributed by atoms with Crippen LogP contribution in [0.25, 0.3) is 0 Å². The largest absolute Gasteiger partial charge is 0.471 e. The van der Waals surface area contributed by atoms with Crippen LogP contribution in [0.5, 0.6) is 0 Å². The van der Waals surface area contributed by atoms with Crippen LogP contribution in [0.4, 0.5) is 18.9 Å². The van der Waals surface area contributed by atoms with Crippen LogP contribution in [-0.2, 0) is 16.1 Å². The number of hydrogen-bond donors (Lipinski definition) is 2. The zero-order chi connectivity index (χ0) is 17.7. The van der Waals surface area contributed by atoms with E-state index in [1.54, 1.807) is 36.0 Å². The lowest BCUT2D eigenvalue weighted by molar-refractivity contribution is -0.185. The summed E-state index contributed by atoms with van der Waals surface area (Å²) in [5.41, 5.74) is 1.01. The van der Waals surface area contributed by atoms with Gasteiger partial charge in [-0.25, -0.2) is 0 Å². The third-order valence-electron chi connectivity index (χ3n) is 3.51. The number of hydrogen-bond acceptors (Lipinski definition) is 4. The van der Waals surface area contributed by atoms with Crippen molar-refractivity contribution in [3.8, 4) is 0 Å². The van der Waals surface area contributed by atoms with Crippen LogP contribution in [0.1, 0.15) is 12.5 Å². The minimum atomic E-state index is -4.90. The molecule has 1 heterocycles. The number of carbonyl (C=O) groups is 2. The molecule has 1 aromatic carbocycles. The Morgan fingerprint density at radius 2 is 2.17 bits per heavy atom. The maximum absolute atomic E-state index is 12.6. The summed E-state index contributed by atoms with van der Waals surface area (Å²) in [5.74, 6) is -0.666. The Labute approximate surface area is 142 Å². The lowest BCUT2D eigenvalue weighted by Gasteiger charge is -2.22. The van der Waals surface area contributed by atoms with Crippen molar-refractivity contribution in [2.45, 2.75) is 25.7 Å². The van der Waals surface area contributed by atoms with Crippen LogP contribution >= 0.6 is 11.8 Å². The van der Waals surface area contributed by atoms with Gasteiger partial charge < -0.3 is 10.2 Å². The van der Waals surface area contributed by atoms with Crippen molar-refractivity contribution in [1.82, 2.24) is 10.2 Å². The van der Waals surface area contributed by atoms with E-state index >= 15 is 0 Å². The number of carbonyl (C=O) groups excluding carboxylic acids is 2. The van der Waals surface area contributed by atoms with Crippen LogP contribution < -0.4 is 10.6 Å². The van der Waals surface area contributed by atoms with E-state index in [1.807, 2.05) is 0 Å². The van der Waals surface area contributed by atoms with Crippen molar-refractivity contribution in [2.75, 3.05) is 23.5 Å². The number of halogens is 3. The maximum Gasteiger partial charge on any atom is 0.471 e. The summed E-state index contributed by atoms with van der Waals surface area (Å²) in [6.07, 6.45) is -4.90. The third-order valence-corrected chi connectivity index (χ3v) is 4.45. The molecular formula is C15H18F3N3O2S. The zero-order valence-corrected chi connectivity index (χ0v) is 13.8. The van der Waals surface area contributed by atoms with E-state index in [0.717, 1.165) is 4.90 Å².